The van der Waals surface area contributed by atoms with Crippen molar-refractivity contribution in [2.45, 2.75) is 32.9 Å². The number of nitrogens with one attached hydrogen (secondary N) is 2. The number of hydrogen-bond acceptors (Lipinski definition) is 4. The van der Waals surface area contributed by atoms with Crippen LogP contribution in [0.5, 0.6) is 0 Å². The molecule has 36 heavy (non-hydrogen) atoms. The molecule has 2 N–H and O–H groups in total. The van der Waals surface area contributed by atoms with Crippen molar-refractivity contribution in [3.63, 3.8) is 0 Å². The van der Waals surface area contributed by atoms with E-state index in [2.05, 4.69) is 10.7 Å². The van der Waals surface area contributed by atoms with E-state index in [1.165, 1.54) is 28.1 Å². The van der Waals surface area contributed by atoms with E-state index >= 15 is 0 Å². The van der Waals surface area contributed by atoms with Crippen LogP contribution in [-0.2, 0) is 16.1 Å². The largest absolute Gasteiger partial charge is 0.326 e. The molecule has 0 aliphatic carbocycles. The Balaban J connectivity index is 1.57. The maximum atomic E-state index is 13.7. The third kappa shape index (κ3) is 5.58. The fourth-order valence-corrected chi connectivity index (χ4v) is 4.33. The lowest BCUT2D eigenvalue weighted by molar-refractivity contribution is -0.131. The Kier molecular flexibility index (Phi) is 7.40. The number of carbonyl (C=O) groups is 3. The Labute approximate surface area is 213 Å². The SMILES string of the molecule is Cc1ccc(NC(=O)C[C@H]2C(=O)N(Cc3ccccc3)C(=S)N2NC(=O)c2cccc(F)c2)c(C)c1. The number of amides is 3. The van der Waals surface area contributed by atoms with Gasteiger partial charge in [-0.05, 0) is 61.5 Å². The summed E-state index contributed by atoms with van der Waals surface area (Å²) in [5.41, 5.74) is 6.08. The van der Waals surface area contributed by atoms with Crippen LogP contribution < -0.4 is 10.7 Å². The minimum atomic E-state index is -1.07. The third-order valence-corrected chi connectivity index (χ3v) is 6.24. The summed E-state index contributed by atoms with van der Waals surface area (Å²) in [4.78, 5) is 40.6. The summed E-state index contributed by atoms with van der Waals surface area (Å²) in [6.07, 6.45) is -0.249. The minimum absolute atomic E-state index is 0.0536. The Morgan fingerprint density at radius 2 is 1.75 bits per heavy atom. The molecule has 1 fully saturated rings. The number of carbonyl (C=O) groups excluding carboxylic acids is 3. The van der Waals surface area contributed by atoms with E-state index in [9.17, 15) is 18.8 Å². The van der Waals surface area contributed by atoms with Crippen LogP contribution in [0.15, 0.2) is 72.8 Å². The molecule has 184 valence electrons. The number of halogens is 1. The van der Waals surface area contributed by atoms with Crippen LogP contribution in [0.3, 0.4) is 0 Å². The maximum Gasteiger partial charge on any atom is 0.269 e. The van der Waals surface area contributed by atoms with Gasteiger partial charge in [-0.15, -0.1) is 0 Å². The Hall–Kier alpha value is -4.11. The molecule has 4 rings (SSSR count). The topological polar surface area (TPSA) is 81.8 Å². The summed E-state index contributed by atoms with van der Waals surface area (Å²) in [6, 6.07) is 19.0. The highest BCUT2D eigenvalue weighted by atomic mass is 32.1. The normalized spacial score (nSPS) is 15.2. The van der Waals surface area contributed by atoms with Crippen molar-refractivity contribution in [3.05, 3.63) is 101 Å². The molecule has 0 saturated carbocycles. The predicted octanol–water partition coefficient (Wildman–Crippen LogP) is 4.11. The van der Waals surface area contributed by atoms with Gasteiger partial charge in [0.1, 0.15) is 11.9 Å². The first kappa shape index (κ1) is 25.0. The Morgan fingerprint density at radius 3 is 2.44 bits per heavy atom. The number of thiocarbonyl (C=S) groups is 1. The van der Waals surface area contributed by atoms with Crippen LogP contribution in [-0.4, -0.2) is 38.8 Å². The quantitative estimate of drug-likeness (QED) is 0.474. The first-order valence-corrected chi connectivity index (χ1v) is 11.8. The predicted molar refractivity (Wildman–Crippen MR) is 138 cm³/mol. The molecule has 1 saturated heterocycles. The fourth-order valence-electron chi connectivity index (χ4n) is 4.00. The molecule has 1 aliphatic rings. The van der Waals surface area contributed by atoms with Crippen molar-refractivity contribution in [2.75, 3.05) is 5.32 Å². The van der Waals surface area contributed by atoms with Crippen LogP contribution in [0, 0.1) is 19.7 Å². The van der Waals surface area contributed by atoms with Gasteiger partial charge in [0.05, 0.1) is 13.0 Å². The Bertz CT molecular complexity index is 1330. The molecule has 1 aliphatic heterocycles. The molecule has 0 bridgehead atoms. The second kappa shape index (κ2) is 10.7. The summed E-state index contributed by atoms with van der Waals surface area (Å²) in [7, 11) is 0. The molecule has 9 heteroatoms. The number of hydrazine groups is 1. The van der Waals surface area contributed by atoms with Crippen molar-refractivity contribution in [2.24, 2.45) is 0 Å². The molecular formula is C27H25FN4O3S. The lowest BCUT2D eigenvalue weighted by atomic mass is 10.1. The van der Waals surface area contributed by atoms with Gasteiger partial charge in [-0.2, -0.15) is 0 Å². The zero-order valence-corrected chi connectivity index (χ0v) is 20.6. The van der Waals surface area contributed by atoms with Gasteiger partial charge >= 0.3 is 0 Å². The number of nitrogens with zero attached hydrogens (tertiary/aromatic N) is 2. The molecule has 1 heterocycles. The molecule has 0 spiro atoms. The van der Waals surface area contributed by atoms with Crippen LogP contribution >= 0.6 is 12.2 Å². The van der Waals surface area contributed by atoms with E-state index in [1.54, 1.807) is 6.07 Å². The molecule has 0 aromatic heterocycles. The van der Waals surface area contributed by atoms with Crippen LogP contribution in [0.4, 0.5) is 10.1 Å². The number of rotatable bonds is 7. The minimum Gasteiger partial charge on any atom is -0.326 e. The number of benzene rings is 3. The zero-order valence-electron chi connectivity index (χ0n) is 19.8. The van der Waals surface area contributed by atoms with Crippen molar-refractivity contribution in [3.8, 4) is 0 Å². The Morgan fingerprint density at radius 1 is 1.00 bits per heavy atom. The summed E-state index contributed by atoms with van der Waals surface area (Å²) < 4.78 is 13.7. The van der Waals surface area contributed by atoms with E-state index in [4.69, 9.17) is 12.2 Å². The highest BCUT2D eigenvalue weighted by Crippen LogP contribution is 2.23. The lowest BCUT2D eigenvalue weighted by Crippen LogP contribution is -2.49. The molecule has 7 nitrogen and oxygen atoms in total. The molecule has 3 aromatic rings. The highest BCUT2D eigenvalue weighted by Gasteiger charge is 2.44. The van der Waals surface area contributed by atoms with Gasteiger partial charge < -0.3 is 5.32 Å². The van der Waals surface area contributed by atoms with E-state index in [0.717, 1.165) is 22.8 Å². The second-order valence-electron chi connectivity index (χ2n) is 8.60. The maximum absolute atomic E-state index is 13.7. The van der Waals surface area contributed by atoms with Crippen molar-refractivity contribution < 1.29 is 18.8 Å². The van der Waals surface area contributed by atoms with Crippen molar-refractivity contribution in [1.82, 2.24) is 15.3 Å². The van der Waals surface area contributed by atoms with Crippen LogP contribution in [0.2, 0.25) is 0 Å². The van der Waals surface area contributed by atoms with Crippen molar-refractivity contribution >= 4 is 40.7 Å². The van der Waals surface area contributed by atoms with Crippen molar-refractivity contribution in [1.29, 1.82) is 0 Å². The van der Waals surface area contributed by atoms with E-state index in [0.29, 0.717) is 5.69 Å². The van der Waals surface area contributed by atoms with Gasteiger partial charge in [0.2, 0.25) is 5.91 Å². The van der Waals surface area contributed by atoms with Gasteiger partial charge in [-0.1, -0.05) is 54.1 Å². The number of hydrogen-bond donors (Lipinski definition) is 2. The summed E-state index contributed by atoms with van der Waals surface area (Å²) in [6.45, 7) is 4.02. The highest BCUT2D eigenvalue weighted by molar-refractivity contribution is 7.80. The van der Waals surface area contributed by atoms with E-state index < -0.39 is 29.6 Å². The second-order valence-corrected chi connectivity index (χ2v) is 8.97. The number of aryl methyl sites for hydroxylation is 2. The standard InChI is InChI=1S/C27H25FN4O3S/c1-17-11-12-22(18(2)13-17)29-24(33)15-23-26(35)31(16-19-7-4-3-5-8-19)27(36)32(23)30-25(34)20-9-6-10-21(28)14-20/h3-14,23H,15-16H2,1-2H3,(H,29,33)(H,30,34)/t23-/m0/s1. The van der Waals surface area contributed by atoms with Gasteiger partial charge in [-0.3, -0.25) is 24.7 Å². The molecule has 3 amide bonds. The van der Waals surface area contributed by atoms with Crippen LogP contribution in [0.1, 0.15) is 33.5 Å². The van der Waals surface area contributed by atoms with E-state index in [1.807, 2.05) is 56.3 Å². The third-order valence-electron chi connectivity index (χ3n) is 5.83. The first-order chi connectivity index (χ1) is 17.2. The lowest BCUT2D eigenvalue weighted by Gasteiger charge is -2.24. The fraction of sp³-hybridized carbons (Fsp3) is 0.185. The molecule has 3 aromatic carbocycles. The summed E-state index contributed by atoms with van der Waals surface area (Å²) >= 11 is 5.54. The van der Waals surface area contributed by atoms with Gasteiger partial charge in [-0.25, -0.2) is 9.40 Å². The molecular weight excluding hydrogens is 479 g/mol. The molecule has 1 atom stereocenters. The van der Waals surface area contributed by atoms with Gasteiger partial charge in [0.15, 0.2) is 5.11 Å². The monoisotopic (exact) mass is 504 g/mol. The zero-order chi connectivity index (χ0) is 25.8. The van der Waals surface area contributed by atoms with Crippen LogP contribution in [0.25, 0.3) is 0 Å². The summed E-state index contributed by atoms with van der Waals surface area (Å²) in [5, 5.41) is 4.11. The number of anilines is 1. The average Bonchev–Trinajstić information content (AvgIpc) is 3.05. The van der Waals surface area contributed by atoms with E-state index in [-0.39, 0.29) is 23.6 Å². The van der Waals surface area contributed by atoms with Gasteiger partial charge in [0.25, 0.3) is 11.8 Å². The van der Waals surface area contributed by atoms with Gasteiger partial charge in [0, 0.05) is 11.3 Å². The summed E-state index contributed by atoms with van der Waals surface area (Å²) in [5.74, 6) is -2.04. The average molecular weight is 505 g/mol. The smallest absolute Gasteiger partial charge is 0.269 e. The molecule has 0 unspecified atom stereocenters. The first-order valence-electron chi connectivity index (χ1n) is 11.3. The molecule has 0 radical (unpaired) electrons.